The number of furan rings is 1. The molecule has 1 aromatic heterocycles. The lowest BCUT2D eigenvalue weighted by atomic mass is 10.1. The fourth-order valence-electron chi connectivity index (χ4n) is 3.71. The Morgan fingerprint density at radius 1 is 1.10 bits per heavy atom. The fourth-order valence-corrected chi connectivity index (χ4v) is 3.84. The molecule has 0 atom stereocenters. The maximum absolute atomic E-state index is 12.5. The predicted octanol–water partition coefficient (Wildman–Crippen LogP) is 3.10. The van der Waals surface area contributed by atoms with E-state index in [9.17, 15) is 9.59 Å². The Bertz CT molecular complexity index is 1070. The number of ether oxygens (including phenoxy) is 1. The number of fused-ring (bicyclic) bond motifs is 1. The standard InChI is InChI=1S/C23H24ClN3O4/c1-30-19-6-7-20-16(15-31-21(20)13-19)12-22(28)25-14-23(29)27-10-8-26(9-11-27)18-4-2-17(24)3-5-18/h2-7,13,15H,8-12,14H2,1H3,(H,25,28). The lowest BCUT2D eigenvalue weighted by Gasteiger charge is -2.36. The average Bonchev–Trinajstić information content (AvgIpc) is 3.19. The molecule has 0 saturated carbocycles. The zero-order chi connectivity index (χ0) is 21.8. The SMILES string of the molecule is COc1ccc2c(CC(=O)NCC(=O)N3CCN(c4ccc(Cl)cc4)CC3)coc2c1. The van der Waals surface area contributed by atoms with Crippen LogP contribution in [0.15, 0.2) is 53.1 Å². The van der Waals surface area contributed by atoms with E-state index in [1.807, 2.05) is 36.4 Å². The van der Waals surface area contributed by atoms with Crippen LogP contribution in [0.1, 0.15) is 5.56 Å². The van der Waals surface area contributed by atoms with Gasteiger partial charge < -0.3 is 24.3 Å². The molecule has 2 aromatic carbocycles. The third-order valence-electron chi connectivity index (χ3n) is 5.47. The van der Waals surface area contributed by atoms with Gasteiger partial charge in [-0.3, -0.25) is 9.59 Å². The number of carbonyl (C=O) groups is 2. The predicted molar refractivity (Wildman–Crippen MR) is 120 cm³/mol. The molecule has 2 amide bonds. The summed E-state index contributed by atoms with van der Waals surface area (Å²) in [4.78, 5) is 28.9. The summed E-state index contributed by atoms with van der Waals surface area (Å²) in [7, 11) is 1.59. The second kappa shape index (κ2) is 9.31. The smallest absolute Gasteiger partial charge is 0.242 e. The molecule has 7 nitrogen and oxygen atoms in total. The van der Waals surface area contributed by atoms with Crippen molar-refractivity contribution in [1.82, 2.24) is 10.2 Å². The summed E-state index contributed by atoms with van der Waals surface area (Å²) in [5, 5.41) is 4.30. The first kappa shape index (κ1) is 21.1. The average molecular weight is 442 g/mol. The zero-order valence-electron chi connectivity index (χ0n) is 17.3. The molecular weight excluding hydrogens is 418 g/mol. The van der Waals surface area contributed by atoms with Gasteiger partial charge in [0.15, 0.2) is 0 Å². The third-order valence-corrected chi connectivity index (χ3v) is 5.73. The first-order chi connectivity index (χ1) is 15.0. The van der Waals surface area contributed by atoms with Crippen molar-refractivity contribution < 1.29 is 18.7 Å². The van der Waals surface area contributed by atoms with Crippen LogP contribution < -0.4 is 15.0 Å². The number of benzene rings is 2. The number of methoxy groups -OCH3 is 1. The second-order valence-corrected chi connectivity index (χ2v) is 7.86. The quantitative estimate of drug-likeness (QED) is 0.636. The van der Waals surface area contributed by atoms with E-state index in [4.69, 9.17) is 20.8 Å². The Morgan fingerprint density at radius 2 is 1.84 bits per heavy atom. The monoisotopic (exact) mass is 441 g/mol. The highest BCUT2D eigenvalue weighted by Crippen LogP contribution is 2.26. The van der Waals surface area contributed by atoms with E-state index in [0.717, 1.165) is 29.7 Å². The number of amides is 2. The topological polar surface area (TPSA) is 75.0 Å². The van der Waals surface area contributed by atoms with Crippen molar-refractivity contribution in [3.63, 3.8) is 0 Å². The van der Waals surface area contributed by atoms with Crippen LogP contribution in [0.5, 0.6) is 5.75 Å². The number of nitrogens with zero attached hydrogens (tertiary/aromatic N) is 2. The number of nitrogens with one attached hydrogen (secondary N) is 1. The highest BCUT2D eigenvalue weighted by Gasteiger charge is 2.22. The molecule has 31 heavy (non-hydrogen) atoms. The van der Waals surface area contributed by atoms with Gasteiger partial charge in [-0.25, -0.2) is 0 Å². The molecule has 4 rings (SSSR count). The summed E-state index contributed by atoms with van der Waals surface area (Å²) in [6, 6.07) is 13.2. The van der Waals surface area contributed by atoms with Gasteiger partial charge >= 0.3 is 0 Å². The molecule has 2 heterocycles. The minimum absolute atomic E-state index is 0.0105. The van der Waals surface area contributed by atoms with Crippen LogP contribution in [0.2, 0.25) is 5.02 Å². The summed E-state index contributed by atoms with van der Waals surface area (Å²) in [6.07, 6.45) is 1.72. The molecule has 1 N–H and O–H groups in total. The first-order valence-corrected chi connectivity index (χ1v) is 10.5. The second-order valence-electron chi connectivity index (χ2n) is 7.42. The molecule has 0 radical (unpaired) electrons. The van der Waals surface area contributed by atoms with Crippen LogP contribution in [-0.2, 0) is 16.0 Å². The molecule has 1 aliphatic heterocycles. The lowest BCUT2D eigenvalue weighted by Crippen LogP contribution is -2.51. The summed E-state index contributed by atoms with van der Waals surface area (Å²) >= 11 is 5.94. The molecule has 1 aliphatic rings. The zero-order valence-corrected chi connectivity index (χ0v) is 18.0. The van der Waals surface area contributed by atoms with E-state index in [1.165, 1.54) is 0 Å². The summed E-state index contributed by atoms with van der Waals surface area (Å²) in [5.41, 5.74) is 2.53. The number of halogens is 1. The molecule has 162 valence electrons. The summed E-state index contributed by atoms with van der Waals surface area (Å²) in [5.74, 6) is 0.400. The van der Waals surface area contributed by atoms with Crippen molar-refractivity contribution in [1.29, 1.82) is 0 Å². The van der Waals surface area contributed by atoms with Crippen molar-refractivity contribution in [3.05, 3.63) is 59.3 Å². The third kappa shape index (κ3) is 4.94. The van der Waals surface area contributed by atoms with Crippen LogP contribution >= 0.6 is 11.6 Å². The number of hydrogen-bond donors (Lipinski definition) is 1. The van der Waals surface area contributed by atoms with Gasteiger partial charge in [0, 0.05) is 53.9 Å². The number of anilines is 1. The Kier molecular flexibility index (Phi) is 6.32. The van der Waals surface area contributed by atoms with Gasteiger partial charge in [-0.1, -0.05) is 11.6 Å². The van der Waals surface area contributed by atoms with Crippen LogP contribution in [0.3, 0.4) is 0 Å². The van der Waals surface area contributed by atoms with Crippen LogP contribution in [0.25, 0.3) is 11.0 Å². The molecule has 1 saturated heterocycles. The first-order valence-electron chi connectivity index (χ1n) is 10.1. The highest BCUT2D eigenvalue weighted by molar-refractivity contribution is 6.30. The van der Waals surface area contributed by atoms with E-state index in [2.05, 4.69) is 10.2 Å². The summed E-state index contributed by atoms with van der Waals surface area (Å²) in [6.45, 7) is 2.71. The summed E-state index contributed by atoms with van der Waals surface area (Å²) < 4.78 is 10.7. The Hall–Kier alpha value is -3.19. The van der Waals surface area contributed by atoms with Crippen molar-refractivity contribution in [3.8, 4) is 5.75 Å². The van der Waals surface area contributed by atoms with E-state index in [0.29, 0.717) is 29.4 Å². The Balaban J connectivity index is 1.25. The van der Waals surface area contributed by atoms with Crippen LogP contribution in [0, 0.1) is 0 Å². The largest absolute Gasteiger partial charge is 0.497 e. The lowest BCUT2D eigenvalue weighted by molar-refractivity contribution is -0.133. The van der Waals surface area contributed by atoms with Crippen molar-refractivity contribution in [2.45, 2.75) is 6.42 Å². The minimum atomic E-state index is -0.216. The maximum Gasteiger partial charge on any atom is 0.242 e. The molecule has 0 bridgehead atoms. The molecule has 3 aromatic rings. The van der Waals surface area contributed by atoms with Gasteiger partial charge in [-0.05, 0) is 36.4 Å². The van der Waals surface area contributed by atoms with E-state index < -0.39 is 0 Å². The molecule has 8 heteroatoms. The number of carbonyl (C=O) groups excluding carboxylic acids is 2. The van der Waals surface area contributed by atoms with Crippen molar-refractivity contribution in [2.75, 3.05) is 44.7 Å². The van der Waals surface area contributed by atoms with Gasteiger partial charge in [-0.2, -0.15) is 0 Å². The van der Waals surface area contributed by atoms with Crippen molar-refractivity contribution >= 4 is 40.1 Å². The number of piperazine rings is 1. The van der Waals surface area contributed by atoms with Gasteiger partial charge in [0.25, 0.3) is 0 Å². The molecule has 0 aliphatic carbocycles. The van der Waals surface area contributed by atoms with Gasteiger partial charge in [0.2, 0.25) is 11.8 Å². The van der Waals surface area contributed by atoms with Crippen LogP contribution in [-0.4, -0.2) is 56.5 Å². The number of hydrogen-bond acceptors (Lipinski definition) is 5. The van der Waals surface area contributed by atoms with Gasteiger partial charge in [0.1, 0.15) is 11.3 Å². The molecule has 0 unspecified atom stereocenters. The van der Waals surface area contributed by atoms with E-state index >= 15 is 0 Å². The van der Waals surface area contributed by atoms with E-state index in [-0.39, 0.29) is 24.8 Å². The molecule has 1 fully saturated rings. The van der Waals surface area contributed by atoms with E-state index in [1.54, 1.807) is 24.3 Å². The van der Waals surface area contributed by atoms with Gasteiger partial charge in [0.05, 0.1) is 26.3 Å². The minimum Gasteiger partial charge on any atom is -0.497 e. The van der Waals surface area contributed by atoms with Crippen molar-refractivity contribution in [2.24, 2.45) is 0 Å². The maximum atomic E-state index is 12.5. The molecular formula is C23H24ClN3O4. The Morgan fingerprint density at radius 3 is 2.55 bits per heavy atom. The fraction of sp³-hybridized carbons (Fsp3) is 0.304. The van der Waals surface area contributed by atoms with Crippen LogP contribution in [0.4, 0.5) is 5.69 Å². The number of rotatable bonds is 6. The highest BCUT2D eigenvalue weighted by atomic mass is 35.5. The Labute approximate surface area is 185 Å². The normalized spacial score (nSPS) is 14.0. The molecule has 0 spiro atoms. The van der Waals surface area contributed by atoms with Gasteiger partial charge in [-0.15, -0.1) is 0 Å².